The van der Waals surface area contributed by atoms with E-state index in [2.05, 4.69) is 21.6 Å². The Morgan fingerprint density at radius 3 is 2.39 bits per heavy atom. The summed E-state index contributed by atoms with van der Waals surface area (Å²) >= 11 is 0. The van der Waals surface area contributed by atoms with Crippen LogP contribution in [0.2, 0.25) is 0 Å². The van der Waals surface area contributed by atoms with Crippen LogP contribution in [0.1, 0.15) is 16.8 Å². The lowest BCUT2D eigenvalue weighted by molar-refractivity contribution is -0.274. The second kappa shape index (κ2) is 7.20. The van der Waals surface area contributed by atoms with Gasteiger partial charge in [-0.05, 0) is 37.7 Å². The number of carbonyl (C=O) groups is 1. The van der Waals surface area contributed by atoms with Gasteiger partial charge in [0.25, 0.3) is 5.91 Å². The van der Waals surface area contributed by atoms with Gasteiger partial charge in [0, 0.05) is 37.8 Å². The Kier molecular flexibility index (Phi) is 5.01. The Hall–Kier alpha value is -1.84. The fourth-order valence-electron chi connectivity index (χ4n) is 4.24. The smallest absolute Gasteiger partial charge is 0.406 e. The number of likely N-dealkylation sites (tertiary alicyclic amines) is 1. The Labute approximate surface area is 161 Å². The SMILES string of the molecule is CN1CCN([C@@H]2COC3(C2)CN(C(=O)c2ccc(OC(F)(F)F)cc2)C3)CC1. The largest absolute Gasteiger partial charge is 0.573 e. The van der Waals surface area contributed by atoms with Crippen LogP contribution in [0.5, 0.6) is 5.75 Å². The van der Waals surface area contributed by atoms with E-state index in [-0.39, 0.29) is 17.3 Å². The summed E-state index contributed by atoms with van der Waals surface area (Å²) in [6, 6.07) is 5.43. The Balaban J connectivity index is 1.29. The number of likely N-dealkylation sites (N-methyl/N-ethyl adjacent to an activating group) is 1. The van der Waals surface area contributed by atoms with E-state index >= 15 is 0 Å². The minimum Gasteiger partial charge on any atom is -0.406 e. The van der Waals surface area contributed by atoms with Crippen molar-refractivity contribution in [3.63, 3.8) is 0 Å². The number of ether oxygens (including phenoxy) is 2. The van der Waals surface area contributed by atoms with Crippen LogP contribution in [-0.2, 0) is 4.74 Å². The molecule has 0 saturated carbocycles. The maximum atomic E-state index is 12.6. The van der Waals surface area contributed by atoms with Crippen molar-refractivity contribution >= 4 is 5.91 Å². The molecule has 0 aliphatic carbocycles. The average molecular weight is 399 g/mol. The van der Waals surface area contributed by atoms with Crippen molar-refractivity contribution in [1.29, 1.82) is 0 Å². The molecule has 3 heterocycles. The molecule has 154 valence electrons. The van der Waals surface area contributed by atoms with Gasteiger partial charge in [-0.3, -0.25) is 9.69 Å². The molecule has 0 unspecified atom stereocenters. The van der Waals surface area contributed by atoms with Gasteiger partial charge in [-0.25, -0.2) is 0 Å². The molecule has 1 amide bonds. The highest BCUT2D eigenvalue weighted by molar-refractivity contribution is 5.95. The number of rotatable bonds is 3. The van der Waals surface area contributed by atoms with Crippen LogP contribution in [0.15, 0.2) is 24.3 Å². The summed E-state index contributed by atoms with van der Waals surface area (Å²) in [7, 11) is 2.13. The van der Waals surface area contributed by atoms with Gasteiger partial charge in [0.15, 0.2) is 0 Å². The molecule has 1 atom stereocenters. The third-order valence-corrected chi connectivity index (χ3v) is 5.82. The van der Waals surface area contributed by atoms with Gasteiger partial charge < -0.3 is 19.3 Å². The zero-order valence-corrected chi connectivity index (χ0v) is 15.7. The monoisotopic (exact) mass is 399 g/mol. The predicted molar refractivity (Wildman–Crippen MR) is 95.2 cm³/mol. The van der Waals surface area contributed by atoms with Crippen LogP contribution < -0.4 is 4.74 Å². The summed E-state index contributed by atoms with van der Waals surface area (Å²) in [6.07, 6.45) is -3.83. The molecule has 0 aromatic heterocycles. The molecule has 0 radical (unpaired) electrons. The number of nitrogens with zero attached hydrogens (tertiary/aromatic N) is 3. The summed E-state index contributed by atoms with van der Waals surface area (Å²) in [6.45, 7) is 5.93. The summed E-state index contributed by atoms with van der Waals surface area (Å²) in [5.41, 5.74) is 0.0706. The number of hydrogen-bond acceptors (Lipinski definition) is 5. The van der Waals surface area contributed by atoms with Gasteiger partial charge in [0.05, 0.1) is 19.7 Å². The van der Waals surface area contributed by atoms with E-state index < -0.39 is 6.36 Å². The van der Waals surface area contributed by atoms with E-state index in [9.17, 15) is 18.0 Å². The normalized spacial score (nSPS) is 25.7. The highest BCUT2D eigenvalue weighted by Gasteiger charge is 2.52. The van der Waals surface area contributed by atoms with Gasteiger partial charge >= 0.3 is 6.36 Å². The molecule has 1 aromatic carbocycles. The number of carbonyl (C=O) groups excluding carboxylic acids is 1. The van der Waals surface area contributed by atoms with Crippen molar-refractivity contribution < 1.29 is 27.4 Å². The molecular weight excluding hydrogens is 375 g/mol. The van der Waals surface area contributed by atoms with Crippen LogP contribution in [-0.4, -0.2) is 91.5 Å². The third kappa shape index (κ3) is 4.11. The molecule has 6 nitrogen and oxygen atoms in total. The van der Waals surface area contributed by atoms with Crippen molar-refractivity contribution in [2.45, 2.75) is 24.4 Å². The minimum atomic E-state index is -4.74. The number of piperazine rings is 1. The third-order valence-electron chi connectivity index (χ3n) is 5.82. The summed E-state index contributed by atoms with van der Waals surface area (Å²) in [5, 5.41) is 0. The quantitative estimate of drug-likeness (QED) is 0.776. The zero-order valence-electron chi connectivity index (χ0n) is 15.7. The first-order valence-electron chi connectivity index (χ1n) is 9.45. The average Bonchev–Trinajstić information content (AvgIpc) is 3.05. The van der Waals surface area contributed by atoms with Gasteiger partial charge in [-0.2, -0.15) is 0 Å². The standard InChI is InChI=1S/C19H24F3N3O3/c1-23-6-8-24(9-7-23)15-10-18(27-11-15)12-25(13-18)17(26)14-2-4-16(5-3-14)28-19(20,21)22/h2-5,15H,6-13H2,1H3/t15-/m0/s1. The maximum Gasteiger partial charge on any atom is 0.573 e. The van der Waals surface area contributed by atoms with E-state index in [1.807, 2.05) is 0 Å². The molecule has 3 fully saturated rings. The van der Waals surface area contributed by atoms with Gasteiger partial charge in [-0.15, -0.1) is 13.2 Å². The molecule has 1 aromatic rings. The molecule has 4 rings (SSSR count). The number of hydrogen-bond donors (Lipinski definition) is 0. The number of alkyl halides is 3. The Bertz CT molecular complexity index is 711. The molecule has 1 spiro atoms. The molecule has 28 heavy (non-hydrogen) atoms. The van der Waals surface area contributed by atoms with Crippen LogP contribution in [0.25, 0.3) is 0 Å². The molecule has 9 heteroatoms. The van der Waals surface area contributed by atoms with E-state index in [1.54, 1.807) is 4.90 Å². The van der Waals surface area contributed by atoms with Crippen molar-refractivity contribution in [2.24, 2.45) is 0 Å². The molecule has 3 saturated heterocycles. The summed E-state index contributed by atoms with van der Waals surface area (Å²) in [5.74, 6) is -0.533. The second-order valence-electron chi connectivity index (χ2n) is 7.92. The topological polar surface area (TPSA) is 45.2 Å². The highest BCUT2D eigenvalue weighted by Crippen LogP contribution is 2.38. The maximum absolute atomic E-state index is 12.6. The first kappa shape index (κ1) is 19.5. The van der Waals surface area contributed by atoms with Crippen molar-refractivity contribution in [3.8, 4) is 5.75 Å². The van der Waals surface area contributed by atoms with E-state index in [0.717, 1.165) is 44.7 Å². The number of amides is 1. The van der Waals surface area contributed by atoms with Crippen molar-refractivity contribution in [2.75, 3.05) is 52.9 Å². The van der Waals surface area contributed by atoms with Crippen LogP contribution in [0.4, 0.5) is 13.2 Å². The zero-order chi connectivity index (χ0) is 19.9. The lowest BCUT2D eigenvalue weighted by Gasteiger charge is -2.47. The minimum absolute atomic E-state index is 0.198. The first-order chi connectivity index (χ1) is 13.2. The highest BCUT2D eigenvalue weighted by atomic mass is 19.4. The molecular formula is C19H24F3N3O3. The summed E-state index contributed by atoms with van der Waals surface area (Å²) in [4.78, 5) is 19.0. The fraction of sp³-hybridized carbons (Fsp3) is 0.632. The number of benzene rings is 1. The fourth-order valence-corrected chi connectivity index (χ4v) is 4.24. The lowest BCUT2D eigenvalue weighted by Crippen LogP contribution is -2.63. The first-order valence-corrected chi connectivity index (χ1v) is 9.45. The van der Waals surface area contributed by atoms with Gasteiger partial charge in [0.1, 0.15) is 11.4 Å². The Morgan fingerprint density at radius 1 is 1.14 bits per heavy atom. The molecule has 3 aliphatic heterocycles. The van der Waals surface area contributed by atoms with Crippen LogP contribution in [0, 0.1) is 0 Å². The van der Waals surface area contributed by atoms with Crippen molar-refractivity contribution in [1.82, 2.24) is 14.7 Å². The van der Waals surface area contributed by atoms with Crippen LogP contribution >= 0.6 is 0 Å². The predicted octanol–water partition coefficient (Wildman–Crippen LogP) is 1.82. The summed E-state index contributed by atoms with van der Waals surface area (Å²) < 4.78 is 46.6. The molecule has 0 N–H and O–H groups in total. The van der Waals surface area contributed by atoms with E-state index in [4.69, 9.17) is 4.74 Å². The van der Waals surface area contributed by atoms with Gasteiger partial charge in [0.2, 0.25) is 0 Å². The van der Waals surface area contributed by atoms with Crippen LogP contribution in [0.3, 0.4) is 0 Å². The van der Waals surface area contributed by atoms with Crippen molar-refractivity contribution in [3.05, 3.63) is 29.8 Å². The van der Waals surface area contributed by atoms with E-state index in [0.29, 0.717) is 31.3 Å². The molecule has 0 bridgehead atoms. The molecule has 3 aliphatic rings. The number of halogens is 3. The van der Waals surface area contributed by atoms with E-state index in [1.165, 1.54) is 12.1 Å². The Morgan fingerprint density at radius 2 is 1.79 bits per heavy atom. The van der Waals surface area contributed by atoms with Gasteiger partial charge in [-0.1, -0.05) is 0 Å². The second-order valence-corrected chi connectivity index (χ2v) is 7.92. The lowest BCUT2D eigenvalue weighted by atomic mass is 9.88.